The van der Waals surface area contributed by atoms with Crippen molar-refractivity contribution < 1.29 is 19.1 Å². The van der Waals surface area contributed by atoms with Crippen molar-refractivity contribution >= 4 is 17.3 Å². The van der Waals surface area contributed by atoms with Crippen LogP contribution in [0.3, 0.4) is 0 Å². The average molecular weight is 386 g/mol. The van der Waals surface area contributed by atoms with Crippen LogP contribution in [-0.4, -0.2) is 63.7 Å². The minimum absolute atomic E-state index is 0.191. The average Bonchev–Trinajstić information content (AvgIpc) is 3.25. The molecule has 1 N–H and O–H groups in total. The molecule has 8 heteroatoms. The predicted octanol–water partition coefficient (Wildman–Crippen LogP) is 1.84. The molecule has 2 fully saturated rings. The van der Waals surface area contributed by atoms with Crippen LogP contribution in [-0.2, 0) is 9.47 Å². The number of pyridine rings is 1. The zero-order valence-corrected chi connectivity index (χ0v) is 16.5. The van der Waals surface area contributed by atoms with E-state index in [0.717, 1.165) is 0 Å². The van der Waals surface area contributed by atoms with Gasteiger partial charge in [-0.25, -0.2) is 4.98 Å². The number of hydrogen-bond acceptors (Lipinski definition) is 5. The summed E-state index contributed by atoms with van der Waals surface area (Å²) in [5.41, 5.74) is 0.479. The Hall–Kier alpha value is -2.45. The summed E-state index contributed by atoms with van der Waals surface area (Å²) in [5, 5.41) is 2.92. The van der Waals surface area contributed by atoms with Crippen LogP contribution >= 0.6 is 0 Å². The van der Waals surface area contributed by atoms with Gasteiger partial charge in [0.1, 0.15) is 0 Å². The van der Waals surface area contributed by atoms with Gasteiger partial charge in [-0.15, -0.1) is 0 Å². The summed E-state index contributed by atoms with van der Waals surface area (Å²) in [7, 11) is 0. The van der Waals surface area contributed by atoms with Crippen LogP contribution in [0.4, 0.5) is 0 Å². The highest BCUT2D eigenvalue weighted by Gasteiger charge is 2.41. The van der Waals surface area contributed by atoms with Gasteiger partial charge in [0.25, 0.3) is 11.8 Å². The smallest absolute Gasteiger partial charge is 0.290 e. The maximum Gasteiger partial charge on any atom is 0.290 e. The molecule has 0 aliphatic carbocycles. The molecule has 150 valence electrons. The number of amides is 2. The first-order chi connectivity index (χ1) is 13.3. The van der Waals surface area contributed by atoms with Crippen molar-refractivity contribution in [1.29, 1.82) is 0 Å². The van der Waals surface area contributed by atoms with Gasteiger partial charge in [-0.3, -0.25) is 14.0 Å². The normalized spacial score (nSPS) is 19.3. The van der Waals surface area contributed by atoms with Crippen LogP contribution in [0, 0.1) is 0 Å². The number of rotatable bonds is 2. The van der Waals surface area contributed by atoms with Crippen molar-refractivity contribution in [2.75, 3.05) is 26.3 Å². The van der Waals surface area contributed by atoms with Crippen LogP contribution in [0.1, 0.15) is 54.7 Å². The Morgan fingerprint density at radius 2 is 1.82 bits per heavy atom. The third-order valence-corrected chi connectivity index (χ3v) is 5.07. The second-order valence-electron chi connectivity index (χ2n) is 8.34. The van der Waals surface area contributed by atoms with Gasteiger partial charge in [-0.2, -0.15) is 0 Å². The van der Waals surface area contributed by atoms with Crippen LogP contribution in [0.15, 0.2) is 24.4 Å². The van der Waals surface area contributed by atoms with Gasteiger partial charge < -0.3 is 19.7 Å². The molecule has 2 aliphatic heterocycles. The quantitative estimate of drug-likeness (QED) is 0.851. The summed E-state index contributed by atoms with van der Waals surface area (Å²) in [6.45, 7) is 7.99. The summed E-state index contributed by atoms with van der Waals surface area (Å²) >= 11 is 0. The van der Waals surface area contributed by atoms with Crippen LogP contribution in [0.25, 0.3) is 5.52 Å². The number of nitrogens with zero attached hydrogens (tertiary/aromatic N) is 3. The lowest BCUT2D eigenvalue weighted by Crippen LogP contribution is -2.47. The van der Waals surface area contributed by atoms with Crippen molar-refractivity contribution in [2.45, 2.75) is 44.9 Å². The molecule has 0 unspecified atom stereocenters. The second kappa shape index (κ2) is 6.86. The fourth-order valence-corrected chi connectivity index (χ4v) is 3.73. The molecule has 2 saturated heterocycles. The second-order valence-corrected chi connectivity index (χ2v) is 8.34. The number of ether oxygens (including phenoxy) is 2. The van der Waals surface area contributed by atoms with E-state index in [2.05, 4.69) is 10.3 Å². The van der Waals surface area contributed by atoms with E-state index in [1.54, 1.807) is 21.6 Å². The maximum atomic E-state index is 13.2. The molecule has 4 heterocycles. The molecule has 2 aliphatic rings. The molecule has 2 amide bonds. The molecular weight excluding hydrogens is 360 g/mol. The van der Waals surface area contributed by atoms with Gasteiger partial charge in [0.2, 0.25) is 5.82 Å². The Morgan fingerprint density at radius 3 is 2.46 bits per heavy atom. The molecule has 2 aromatic rings. The summed E-state index contributed by atoms with van der Waals surface area (Å²) < 4.78 is 13.2. The Balaban J connectivity index is 1.60. The summed E-state index contributed by atoms with van der Waals surface area (Å²) in [6.07, 6.45) is 3.04. The molecule has 2 aromatic heterocycles. The summed E-state index contributed by atoms with van der Waals surface area (Å²) in [4.78, 5) is 32.1. The van der Waals surface area contributed by atoms with Gasteiger partial charge in [0, 0.05) is 37.7 Å². The fraction of sp³-hybridized carbons (Fsp3) is 0.550. The molecule has 0 aromatic carbocycles. The van der Waals surface area contributed by atoms with Crippen LogP contribution < -0.4 is 5.32 Å². The number of aromatic nitrogens is 2. The SMILES string of the molecule is CC(C)(C)NC(=O)c1nc(C(=O)N2CCC3(CC2)OCCO3)n2ccccc12. The zero-order valence-electron chi connectivity index (χ0n) is 16.5. The third kappa shape index (κ3) is 3.49. The number of nitrogens with one attached hydrogen (secondary N) is 1. The molecule has 0 saturated carbocycles. The van der Waals surface area contributed by atoms with Gasteiger partial charge in [-0.05, 0) is 32.9 Å². The first-order valence-electron chi connectivity index (χ1n) is 9.65. The van der Waals surface area contributed by atoms with E-state index in [-0.39, 0.29) is 23.3 Å². The number of carbonyl (C=O) groups excluding carboxylic acids is 2. The van der Waals surface area contributed by atoms with Crippen molar-refractivity contribution in [3.8, 4) is 0 Å². The zero-order chi connectivity index (χ0) is 19.9. The monoisotopic (exact) mass is 386 g/mol. The molecule has 0 atom stereocenters. The Bertz CT molecular complexity index is 899. The maximum absolute atomic E-state index is 13.2. The lowest BCUT2D eigenvalue weighted by molar-refractivity contribution is -0.181. The number of imidazole rings is 1. The fourth-order valence-electron chi connectivity index (χ4n) is 3.73. The van der Waals surface area contributed by atoms with E-state index >= 15 is 0 Å². The summed E-state index contributed by atoms with van der Waals surface area (Å²) in [6, 6.07) is 5.45. The van der Waals surface area contributed by atoms with Crippen molar-refractivity contribution in [1.82, 2.24) is 19.6 Å². The Kier molecular flexibility index (Phi) is 4.63. The topological polar surface area (TPSA) is 85.2 Å². The van der Waals surface area contributed by atoms with Crippen molar-refractivity contribution in [3.05, 3.63) is 35.9 Å². The highest BCUT2D eigenvalue weighted by molar-refractivity contribution is 6.02. The van der Waals surface area contributed by atoms with Gasteiger partial charge >= 0.3 is 0 Å². The van der Waals surface area contributed by atoms with E-state index in [1.807, 2.05) is 32.9 Å². The lowest BCUT2D eigenvalue weighted by Gasteiger charge is -2.37. The minimum atomic E-state index is -0.538. The summed E-state index contributed by atoms with van der Waals surface area (Å²) in [5.74, 6) is -0.772. The van der Waals surface area contributed by atoms with Crippen molar-refractivity contribution in [3.63, 3.8) is 0 Å². The number of hydrogen-bond donors (Lipinski definition) is 1. The Morgan fingerprint density at radius 1 is 1.14 bits per heavy atom. The van der Waals surface area contributed by atoms with Gasteiger partial charge in [-0.1, -0.05) is 6.07 Å². The van der Waals surface area contributed by atoms with E-state index in [4.69, 9.17) is 9.47 Å². The number of fused-ring (bicyclic) bond motifs is 1. The molecular formula is C20H26N4O4. The van der Waals surface area contributed by atoms with Crippen LogP contribution in [0.5, 0.6) is 0 Å². The first kappa shape index (κ1) is 18.9. The minimum Gasteiger partial charge on any atom is -0.347 e. The molecule has 4 rings (SSSR count). The molecule has 28 heavy (non-hydrogen) atoms. The van der Waals surface area contributed by atoms with Gasteiger partial charge in [0.05, 0.1) is 18.7 Å². The highest BCUT2D eigenvalue weighted by Crippen LogP contribution is 2.31. The lowest BCUT2D eigenvalue weighted by atomic mass is 10.0. The molecule has 0 radical (unpaired) electrons. The van der Waals surface area contributed by atoms with E-state index in [0.29, 0.717) is 44.7 Å². The third-order valence-electron chi connectivity index (χ3n) is 5.07. The first-order valence-corrected chi connectivity index (χ1v) is 9.65. The van der Waals surface area contributed by atoms with E-state index in [1.165, 1.54) is 0 Å². The Labute approximate surface area is 163 Å². The van der Waals surface area contributed by atoms with E-state index < -0.39 is 11.3 Å². The highest BCUT2D eigenvalue weighted by atomic mass is 16.7. The molecule has 0 bridgehead atoms. The van der Waals surface area contributed by atoms with Crippen LogP contribution in [0.2, 0.25) is 0 Å². The van der Waals surface area contributed by atoms with Gasteiger partial charge in [0.15, 0.2) is 11.5 Å². The number of piperidine rings is 1. The number of likely N-dealkylation sites (tertiary alicyclic amines) is 1. The largest absolute Gasteiger partial charge is 0.347 e. The van der Waals surface area contributed by atoms with Crippen molar-refractivity contribution in [2.24, 2.45) is 0 Å². The standard InChI is InChI=1S/C20H26N4O4/c1-19(2,3)22-17(25)15-14-6-4-5-9-24(14)16(21-15)18(26)23-10-7-20(8-11-23)27-12-13-28-20/h4-6,9H,7-8,10-13H2,1-3H3,(H,22,25). The van der Waals surface area contributed by atoms with E-state index in [9.17, 15) is 9.59 Å². The molecule has 8 nitrogen and oxygen atoms in total. The number of carbonyl (C=O) groups is 2. The molecule has 1 spiro atoms. The predicted molar refractivity (Wildman–Crippen MR) is 102 cm³/mol.